The van der Waals surface area contributed by atoms with Crippen molar-refractivity contribution in [3.63, 3.8) is 0 Å². The molecular formula is C7H14O4. The predicted molar refractivity (Wildman–Crippen MR) is 38.0 cm³/mol. The third kappa shape index (κ3) is 1.54. The molecule has 1 aliphatic rings. The van der Waals surface area contributed by atoms with Crippen molar-refractivity contribution in [3.05, 3.63) is 0 Å². The molecule has 1 aliphatic heterocycles. The van der Waals surface area contributed by atoms with Crippen LogP contribution in [0.3, 0.4) is 0 Å². The minimum atomic E-state index is -1.09. The summed E-state index contributed by atoms with van der Waals surface area (Å²) in [5, 5.41) is 27.6. The van der Waals surface area contributed by atoms with Crippen LogP contribution in [0, 0.1) is 0 Å². The molecule has 0 aromatic carbocycles. The van der Waals surface area contributed by atoms with Gasteiger partial charge >= 0.3 is 0 Å². The lowest BCUT2D eigenvalue weighted by Gasteiger charge is -2.37. The van der Waals surface area contributed by atoms with Gasteiger partial charge in [-0.15, -0.1) is 0 Å². The normalized spacial score (nSPS) is 52.6. The third-order valence-electron chi connectivity index (χ3n) is 2.09. The van der Waals surface area contributed by atoms with E-state index in [1.165, 1.54) is 0 Å². The standard InChI is InChI=1S/C7H14O4/c1-3-5(8)7(10)6(9)4(2)11-3/h3-10H,1-2H3/t3?,4?,5-,6?,7?/m0/s1. The Hall–Kier alpha value is -0.160. The van der Waals surface area contributed by atoms with Gasteiger partial charge in [0.1, 0.15) is 18.3 Å². The Bertz CT molecular complexity index is 124. The van der Waals surface area contributed by atoms with Crippen LogP contribution >= 0.6 is 0 Å². The molecule has 1 fully saturated rings. The molecule has 0 aromatic heterocycles. The van der Waals surface area contributed by atoms with Crippen molar-refractivity contribution in [2.24, 2.45) is 0 Å². The first-order valence-corrected chi connectivity index (χ1v) is 3.73. The van der Waals surface area contributed by atoms with Gasteiger partial charge in [0.15, 0.2) is 0 Å². The predicted octanol–water partition coefficient (Wildman–Crippen LogP) is -1.12. The first-order chi connectivity index (χ1) is 5.04. The molecule has 1 rings (SSSR count). The molecule has 4 unspecified atom stereocenters. The van der Waals surface area contributed by atoms with Crippen LogP contribution in [0.1, 0.15) is 13.8 Å². The second kappa shape index (κ2) is 3.06. The van der Waals surface area contributed by atoms with Crippen molar-refractivity contribution in [3.8, 4) is 0 Å². The van der Waals surface area contributed by atoms with Gasteiger partial charge in [-0.05, 0) is 13.8 Å². The number of rotatable bonds is 0. The Morgan fingerprint density at radius 3 is 1.55 bits per heavy atom. The lowest BCUT2D eigenvalue weighted by atomic mass is 9.97. The van der Waals surface area contributed by atoms with Crippen molar-refractivity contribution in [1.29, 1.82) is 0 Å². The van der Waals surface area contributed by atoms with Crippen LogP contribution in [0.25, 0.3) is 0 Å². The van der Waals surface area contributed by atoms with E-state index in [1.54, 1.807) is 13.8 Å². The van der Waals surface area contributed by atoms with Crippen LogP contribution in [0.2, 0.25) is 0 Å². The van der Waals surface area contributed by atoms with Gasteiger partial charge in [-0.1, -0.05) is 0 Å². The highest BCUT2D eigenvalue weighted by atomic mass is 16.5. The second-order valence-electron chi connectivity index (χ2n) is 3.02. The van der Waals surface area contributed by atoms with Crippen LogP contribution < -0.4 is 0 Å². The van der Waals surface area contributed by atoms with E-state index in [1.807, 2.05) is 0 Å². The van der Waals surface area contributed by atoms with Gasteiger partial charge in [-0.2, -0.15) is 0 Å². The number of aliphatic hydroxyl groups is 3. The van der Waals surface area contributed by atoms with Gasteiger partial charge < -0.3 is 20.1 Å². The van der Waals surface area contributed by atoms with E-state index in [-0.39, 0.29) is 0 Å². The molecule has 0 bridgehead atoms. The summed E-state index contributed by atoms with van der Waals surface area (Å²) in [7, 11) is 0. The Morgan fingerprint density at radius 1 is 0.818 bits per heavy atom. The second-order valence-corrected chi connectivity index (χ2v) is 3.02. The van der Waals surface area contributed by atoms with Crippen LogP contribution in [0.5, 0.6) is 0 Å². The number of ether oxygens (including phenoxy) is 1. The van der Waals surface area contributed by atoms with Crippen LogP contribution in [0.4, 0.5) is 0 Å². The van der Waals surface area contributed by atoms with Crippen molar-refractivity contribution < 1.29 is 20.1 Å². The van der Waals surface area contributed by atoms with E-state index in [0.29, 0.717) is 0 Å². The molecule has 0 spiro atoms. The van der Waals surface area contributed by atoms with E-state index in [0.717, 1.165) is 0 Å². The molecule has 1 heterocycles. The van der Waals surface area contributed by atoms with Gasteiger partial charge in [0.2, 0.25) is 0 Å². The molecule has 0 amide bonds. The maximum Gasteiger partial charge on any atom is 0.111 e. The summed E-state index contributed by atoms with van der Waals surface area (Å²) < 4.78 is 5.12. The van der Waals surface area contributed by atoms with Crippen LogP contribution in [-0.4, -0.2) is 45.8 Å². The van der Waals surface area contributed by atoms with Crippen molar-refractivity contribution in [2.75, 3.05) is 0 Å². The smallest absolute Gasteiger partial charge is 0.111 e. The Balaban J connectivity index is 2.63. The molecule has 11 heavy (non-hydrogen) atoms. The summed E-state index contributed by atoms with van der Waals surface area (Å²) in [4.78, 5) is 0. The lowest BCUT2D eigenvalue weighted by molar-refractivity contribution is -0.211. The van der Waals surface area contributed by atoms with Gasteiger partial charge in [0.25, 0.3) is 0 Å². The van der Waals surface area contributed by atoms with Gasteiger partial charge in [0, 0.05) is 0 Å². The largest absolute Gasteiger partial charge is 0.388 e. The third-order valence-corrected chi connectivity index (χ3v) is 2.09. The maximum absolute atomic E-state index is 9.21. The first kappa shape index (κ1) is 8.93. The minimum Gasteiger partial charge on any atom is -0.388 e. The van der Waals surface area contributed by atoms with E-state index in [2.05, 4.69) is 0 Å². The van der Waals surface area contributed by atoms with E-state index < -0.39 is 30.5 Å². The molecule has 1 saturated heterocycles. The Kier molecular flexibility index (Phi) is 2.49. The molecule has 4 heteroatoms. The maximum atomic E-state index is 9.21. The summed E-state index contributed by atoms with van der Waals surface area (Å²) >= 11 is 0. The molecule has 3 N–H and O–H groups in total. The average molecular weight is 162 g/mol. The quantitative estimate of drug-likeness (QED) is 0.422. The summed E-state index contributed by atoms with van der Waals surface area (Å²) in [5.41, 5.74) is 0. The Morgan fingerprint density at radius 2 is 1.18 bits per heavy atom. The molecule has 5 atom stereocenters. The SMILES string of the molecule is CC1OC(C)[C@H](O)C(O)C1O. The fourth-order valence-corrected chi connectivity index (χ4v) is 1.26. The fourth-order valence-electron chi connectivity index (χ4n) is 1.26. The highest BCUT2D eigenvalue weighted by molar-refractivity contribution is 4.88. The van der Waals surface area contributed by atoms with Crippen LogP contribution in [0.15, 0.2) is 0 Å². The van der Waals surface area contributed by atoms with Crippen molar-refractivity contribution >= 4 is 0 Å². The summed E-state index contributed by atoms with van der Waals surface area (Å²) in [6, 6.07) is 0. The number of hydrogen-bond donors (Lipinski definition) is 3. The zero-order valence-corrected chi connectivity index (χ0v) is 6.64. The number of aliphatic hydroxyl groups excluding tert-OH is 3. The van der Waals surface area contributed by atoms with E-state index in [4.69, 9.17) is 4.74 Å². The Labute approximate surface area is 65.4 Å². The average Bonchev–Trinajstić information content (AvgIpc) is 1.97. The van der Waals surface area contributed by atoms with E-state index in [9.17, 15) is 15.3 Å². The lowest BCUT2D eigenvalue weighted by Crippen LogP contribution is -2.55. The van der Waals surface area contributed by atoms with Crippen LogP contribution in [-0.2, 0) is 4.74 Å². The minimum absolute atomic E-state index is 0.414. The topological polar surface area (TPSA) is 69.9 Å². The van der Waals surface area contributed by atoms with Gasteiger partial charge in [0.05, 0.1) is 12.2 Å². The van der Waals surface area contributed by atoms with E-state index >= 15 is 0 Å². The first-order valence-electron chi connectivity index (χ1n) is 3.73. The zero-order valence-electron chi connectivity index (χ0n) is 6.64. The highest BCUT2D eigenvalue weighted by Gasteiger charge is 2.39. The fraction of sp³-hybridized carbons (Fsp3) is 1.00. The monoisotopic (exact) mass is 162 g/mol. The summed E-state index contributed by atoms with van der Waals surface area (Å²) in [5.74, 6) is 0. The summed E-state index contributed by atoms with van der Waals surface area (Å²) in [6.07, 6.45) is -3.89. The molecule has 0 radical (unpaired) electrons. The molecule has 0 saturated carbocycles. The molecule has 0 aliphatic carbocycles. The molecular weight excluding hydrogens is 148 g/mol. The van der Waals surface area contributed by atoms with Crippen molar-refractivity contribution in [2.45, 2.75) is 44.4 Å². The molecule has 0 aromatic rings. The van der Waals surface area contributed by atoms with Gasteiger partial charge in [-0.3, -0.25) is 0 Å². The van der Waals surface area contributed by atoms with Crippen molar-refractivity contribution in [1.82, 2.24) is 0 Å². The van der Waals surface area contributed by atoms with Gasteiger partial charge in [-0.25, -0.2) is 0 Å². The zero-order chi connectivity index (χ0) is 8.59. The number of hydrogen-bond acceptors (Lipinski definition) is 4. The highest BCUT2D eigenvalue weighted by Crippen LogP contribution is 2.19. The molecule has 66 valence electrons. The molecule has 4 nitrogen and oxygen atoms in total. The summed E-state index contributed by atoms with van der Waals surface area (Å²) in [6.45, 7) is 3.33.